The zero-order chi connectivity index (χ0) is 18.6. The van der Waals surface area contributed by atoms with Crippen LogP contribution in [0.15, 0.2) is 0 Å². The number of ether oxygens (including phenoxy) is 1. The van der Waals surface area contributed by atoms with Gasteiger partial charge in [-0.05, 0) is 52.4 Å². The SMILES string of the molecule is CC1CCN(C(=O)CN2CCC(N(C)C(=O)OC(C)(C)C)CC2)CC1. The largest absolute Gasteiger partial charge is 0.444 e. The molecule has 0 spiro atoms. The molecule has 0 aliphatic carbocycles. The molecule has 0 unspecified atom stereocenters. The number of amides is 2. The molecule has 0 bridgehead atoms. The Kier molecular flexibility index (Phi) is 6.72. The average molecular weight is 354 g/mol. The zero-order valence-corrected chi connectivity index (χ0v) is 16.6. The molecule has 25 heavy (non-hydrogen) atoms. The van der Waals surface area contributed by atoms with E-state index in [-0.39, 0.29) is 18.0 Å². The Balaban J connectivity index is 1.74. The van der Waals surface area contributed by atoms with Crippen molar-refractivity contribution in [1.29, 1.82) is 0 Å². The molecule has 0 saturated carbocycles. The van der Waals surface area contributed by atoms with E-state index in [0.717, 1.165) is 57.8 Å². The first kappa shape index (κ1) is 20.0. The maximum Gasteiger partial charge on any atom is 0.410 e. The van der Waals surface area contributed by atoms with Crippen molar-refractivity contribution < 1.29 is 14.3 Å². The summed E-state index contributed by atoms with van der Waals surface area (Å²) in [5, 5.41) is 0. The molecule has 6 nitrogen and oxygen atoms in total. The topological polar surface area (TPSA) is 53.1 Å². The van der Waals surface area contributed by atoms with Crippen LogP contribution in [0, 0.1) is 5.92 Å². The lowest BCUT2D eigenvalue weighted by molar-refractivity contribution is -0.134. The molecule has 2 aliphatic rings. The highest BCUT2D eigenvalue weighted by Gasteiger charge is 2.30. The predicted octanol–water partition coefficient (Wildman–Crippen LogP) is 2.58. The fourth-order valence-electron chi connectivity index (χ4n) is 3.50. The van der Waals surface area contributed by atoms with Crippen LogP contribution in [0.1, 0.15) is 53.4 Å². The second-order valence-electron chi connectivity index (χ2n) is 8.66. The van der Waals surface area contributed by atoms with E-state index in [1.54, 1.807) is 4.90 Å². The summed E-state index contributed by atoms with van der Waals surface area (Å²) in [6, 6.07) is 0.192. The molecule has 144 valence electrons. The summed E-state index contributed by atoms with van der Waals surface area (Å²) in [4.78, 5) is 30.6. The van der Waals surface area contributed by atoms with Crippen LogP contribution in [0.5, 0.6) is 0 Å². The molecule has 0 atom stereocenters. The highest BCUT2D eigenvalue weighted by Crippen LogP contribution is 2.20. The van der Waals surface area contributed by atoms with Gasteiger partial charge in [0.1, 0.15) is 5.60 Å². The van der Waals surface area contributed by atoms with Gasteiger partial charge >= 0.3 is 6.09 Å². The second-order valence-corrected chi connectivity index (χ2v) is 8.66. The molecule has 2 saturated heterocycles. The summed E-state index contributed by atoms with van der Waals surface area (Å²) in [7, 11) is 1.81. The minimum Gasteiger partial charge on any atom is -0.444 e. The summed E-state index contributed by atoms with van der Waals surface area (Å²) in [6.07, 6.45) is 3.76. The maximum atomic E-state index is 12.5. The van der Waals surface area contributed by atoms with Gasteiger partial charge in [0.15, 0.2) is 0 Å². The molecular formula is C19H35N3O3. The third-order valence-electron chi connectivity index (χ3n) is 5.28. The summed E-state index contributed by atoms with van der Waals surface area (Å²) in [5.41, 5.74) is -0.468. The standard InChI is InChI=1S/C19H35N3O3/c1-15-6-12-22(13-7-15)17(23)14-21-10-8-16(9-11-21)20(5)18(24)25-19(2,3)4/h15-16H,6-14H2,1-5H3. The van der Waals surface area contributed by atoms with Gasteiger partial charge in [0.25, 0.3) is 0 Å². The molecule has 6 heteroatoms. The number of carbonyl (C=O) groups excluding carboxylic acids is 2. The van der Waals surface area contributed by atoms with Crippen LogP contribution in [0.3, 0.4) is 0 Å². The highest BCUT2D eigenvalue weighted by molar-refractivity contribution is 5.78. The molecule has 2 aliphatic heterocycles. The van der Waals surface area contributed by atoms with Crippen LogP contribution in [0.4, 0.5) is 4.79 Å². The second kappa shape index (κ2) is 8.39. The number of hydrogen-bond donors (Lipinski definition) is 0. The van der Waals surface area contributed by atoms with E-state index in [2.05, 4.69) is 11.8 Å². The lowest BCUT2D eigenvalue weighted by atomic mass is 9.99. The van der Waals surface area contributed by atoms with Crippen molar-refractivity contribution in [2.24, 2.45) is 5.92 Å². The first-order chi connectivity index (χ1) is 11.7. The zero-order valence-electron chi connectivity index (χ0n) is 16.6. The lowest BCUT2D eigenvalue weighted by Gasteiger charge is -2.38. The molecule has 2 fully saturated rings. The first-order valence-corrected chi connectivity index (χ1v) is 9.61. The van der Waals surface area contributed by atoms with Crippen LogP contribution in [0.2, 0.25) is 0 Å². The Morgan fingerprint density at radius 1 is 1.04 bits per heavy atom. The molecular weight excluding hydrogens is 318 g/mol. The van der Waals surface area contributed by atoms with Gasteiger partial charge < -0.3 is 14.5 Å². The van der Waals surface area contributed by atoms with Crippen molar-refractivity contribution in [3.63, 3.8) is 0 Å². The molecule has 2 rings (SSSR count). The Morgan fingerprint density at radius 2 is 1.60 bits per heavy atom. The van der Waals surface area contributed by atoms with Crippen LogP contribution in [0.25, 0.3) is 0 Å². The van der Waals surface area contributed by atoms with Crippen molar-refractivity contribution >= 4 is 12.0 Å². The van der Waals surface area contributed by atoms with Gasteiger partial charge in [0.05, 0.1) is 6.54 Å². The number of rotatable bonds is 3. The van der Waals surface area contributed by atoms with E-state index in [1.165, 1.54) is 0 Å². The van der Waals surface area contributed by atoms with E-state index < -0.39 is 5.60 Å². The fraction of sp³-hybridized carbons (Fsp3) is 0.895. The maximum absolute atomic E-state index is 12.5. The summed E-state index contributed by atoms with van der Waals surface area (Å²) in [5.74, 6) is 0.994. The normalized spacial score (nSPS) is 21.2. The third kappa shape index (κ3) is 6.17. The van der Waals surface area contributed by atoms with E-state index in [0.29, 0.717) is 6.54 Å². The summed E-state index contributed by atoms with van der Waals surface area (Å²) in [6.45, 7) is 11.9. The van der Waals surface area contributed by atoms with Crippen LogP contribution < -0.4 is 0 Å². The molecule has 0 aromatic heterocycles. The Labute approximate surface area is 152 Å². The summed E-state index contributed by atoms with van der Waals surface area (Å²) < 4.78 is 5.44. The number of hydrogen-bond acceptors (Lipinski definition) is 4. The minimum atomic E-state index is -0.468. The minimum absolute atomic E-state index is 0.192. The molecule has 2 heterocycles. The van der Waals surface area contributed by atoms with Gasteiger partial charge in [-0.3, -0.25) is 9.69 Å². The predicted molar refractivity (Wildman–Crippen MR) is 98.4 cm³/mol. The average Bonchev–Trinajstić information content (AvgIpc) is 2.54. The van der Waals surface area contributed by atoms with Crippen molar-refractivity contribution in [2.75, 3.05) is 39.8 Å². The Hall–Kier alpha value is -1.30. The molecule has 0 N–H and O–H groups in total. The molecule has 0 aromatic rings. The number of nitrogens with zero attached hydrogens (tertiary/aromatic N) is 3. The highest BCUT2D eigenvalue weighted by atomic mass is 16.6. The van der Waals surface area contributed by atoms with Crippen molar-refractivity contribution in [3.8, 4) is 0 Å². The molecule has 2 amide bonds. The van der Waals surface area contributed by atoms with E-state index in [9.17, 15) is 9.59 Å². The monoisotopic (exact) mass is 353 g/mol. The Bertz CT molecular complexity index is 459. The van der Waals surface area contributed by atoms with Crippen molar-refractivity contribution in [1.82, 2.24) is 14.7 Å². The quantitative estimate of drug-likeness (QED) is 0.782. The van der Waals surface area contributed by atoms with Gasteiger partial charge in [-0.25, -0.2) is 4.79 Å². The lowest BCUT2D eigenvalue weighted by Crippen LogP contribution is -2.50. The smallest absolute Gasteiger partial charge is 0.410 e. The van der Waals surface area contributed by atoms with Gasteiger partial charge in [0, 0.05) is 39.3 Å². The fourth-order valence-corrected chi connectivity index (χ4v) is 3.50. The molecule has 0 aromatic carbocycles. The molecule has 0 radical (unpaired) electrons. The summed E-state index contributed by atoms with van der Waals surface area (Å²) >= 11 is 0. The Morgan fingerprint density at radius 3 is 2.12 bits per heavy atom. The first-order valence-electron chi connectivity index (χ1n) is 9.61. The van der Waals surface area contributed by atoms with Crippen molar-refractivity contribution in [2.45, 2.75) is 65.0 Å². The number of likely N-dealkylation sites (tertiary alicyclic amines) is 2. The van der Waals surface area contributed by atoms with Gasteiger partial charge in [-0.1, -0.05) is 6.92 Å². The van der Waals surface area contributed by atoms with Crippen LogP contribution in [-0.4, -0.2) is 78.1 Å². The van der Waals surface area contributed by atoms with E-state index in [1.807, 2.05) is 32.7 Å². The van der Waals surface area contributed by atoms with E-state index in [4.69, 9.17) is 4.74 Å². The van der Waals surface area contributed by atoms with Crippen LogP contribution >= 0.6 is 0 Å². The van der Waals surface area contributed by atoms with Gasteiger partial charge in [-0.15, -0.1) is 0 Å². The van der Waals surface area contributed by atoms with Gasteiger partial charge in [0.2, 0.25) is 5.91 Å². The number of piperidine rings is 2. The van der Waals surface area contributed by atoms with Gasteiger partial charge in [-0.2, -0.15) is 0 Å². The van der Waals surface area contributed by atoms with Crippen LogP contribution in [-0.2, 0) is 9.53 Å². The number of carbonyl (C=O) groups is 2. The van der Waals surface area contributed by atoms with E-state index >= 15 is 0 Å². The van der Waals surface area contributed by atoms with Crippen molar-refractivity contribution in [3.05, 3.63) is 0 Å². The third-order valence-corrected chi connectivity index (χ3v) is 5.28.